The molecule has 1 amide bonds. The number of benzene rings is 3. The molecule has 0 fully saturated rings. The standard InChI is InChI=1S/C29H32BrNO3/c1-5-6-7-10-19-16-24-26(21-15-18(2)13-14-22(21)29(3,4)34-24)27(32)25(19)28(33)31-17-20-11-8-9-12-23(20)30/h8-9,11-16,32H,5-7,10,17H2,1-4H3,(H,31,33). The van der Waals surface area contributed by atoms with E-state index in [-0.39, 0.29) is 11.7 Å². The van der Waals surface area contributed by atoms with Crippen molar-refractivity contribution in [3.05, 3.63) is 80.8 Å². The second-order valence-electron chi connectivity index (χ2n) is 9.53. The molecule has 0 spiro atoms. The van der Waals surface area contributed by atoms with Crippen molar-refractivity contribution in [2.24, 2.45) is 0 Å². The summed E-state index contributed by atoms with van der Waals surface area (Å²) in [5.41, 5.74) is 5.22. The molecule has 2 N–H and O–H groups in total. The van der Waals surface area contributed by atoms with Crippen molar-refractivity contribution in [3.8, 4) is 22.6 Å². The largest absolute Gasteiger partial charge is 0.506 e. The number of ether oxygens (including phenoxy) is 1. The fraction of sp³-hybridized carbons (Fsp3) is 0.345. The molecule has 0 atom stereocenters. The number of halogens is 1. The van der Waals surface area contributed by atoms with Crippen LogP contribution in [0.2, 0.25) is 0 Å². The Morgan fingerprint density at radius 2 is 1.85 bits per heavy atom. The Labute approximate surface area is 210 Å². The summed E-state index contributed by atoms with van der Waals surface area (Å²) in [4.78, 5) is 13.5. The number of hydrogen-bond acceptors (Lipinski definition) is 3. The predicted molar refractivity (Wildman–Crippen MR) is 140 cm³/mol. The molecule has 0 saturated carbocycles. The Hall–Kier alpha value is -2.79. The van der Waals surface area contributed by atoms with Gasteiger partial charge in [0.25, 0.3) is 5.91 Å². The van der Waals surface area contributed by atoms with Crippen molar-refractivity contribution in [1.82, 2.24) is 5.32 Å². The molecule has 0 unspecified atom stereocenters. The van der Waals surface area contributed by atoms with E-state index in [1.807, 2.05) is 51.1 Å². The molecule has 178 valence electrons. The molecule has 1 heterocycles. The highest BCUT2D eigenvalue weighted by molar-refractivity contribution is 9.10. The summed E-state index contributed by atoms with van der Waals surface area (Å²) < 4.78 is 7.33. The number of aromatic hydroxyl groups is 1. The minimum atomic E-state index is -0.535. The first-order valence-corrected chi connectivity index (χ1v) is 12.7. The summed E-state index contributed by atoms with van der Waals surface area (Å²) in [6.45, 7) is 8.63. The van der Waals surface area contributed by atoms with Crippen molar-refractivity contribution >= 4 is 21.8 Å². The molecule has 4 rings (SSSR count). The fourth-order valence-electron chi connectivity index (χ4n) is 4.68. The first-order chi connectivity index (χ1) is 16.2. The van der Waals surface area contributed by atoms with Crippen LogP contribution in [0, 0.1) is 6.92 Å². The molecule has 0 aliphatic carbocycles. The van der Waals surface area contributed by atoms with Gasteiger partial charge in [0, 0.05) is 16.6 Å². The van der Waals surface area contributed by atoms with Crippen LogP contribution in [0.3, 0.4) is 0 Å². The zero-order chi connectivity index (χ0) is 24.5. The monoisotopic (exact) mass is 521 g/mol. The van der Waals surface area contributed by atoms with Crippen LogP contribution in [0.5, 0.6) is 11.5 Å². The molecule has 4 nitrogen and oxygen atoms in total. The Morgan fingerprint density at radius 3 is 2.59 bits per heavy atom. The lowest BCUT2D eigenvalue weighted by molar-refractivity contribution is 0.0945. The first-order valence-electron chi connectivity index (χ1n) is 11.9. The highest BCUT2D eigenvalue weighted by Crippen LogP contribution is 2.51. The molecule has 1 aliphatic heterocycles. The van der Waals surface area contributed by atoms with E-state index in [9.17, 15) is 9.90 Å². The number of aryl methyl sites for hydroxylation is 2. The van der Waals surface area contributed by atoms with Crippen LogP contribution in [-0.2, 0) is 18.6 Å². The predicted octanol–water partition coefficient (Wildman–Crippen LogP) is 7.42. The summed E-state index contributed by atoms with van der Waals surface area (Å²) in [5, 5.41) is 14.6. The van der Waals surface area contributed by atoms with Gasteiger partial charge in [0.05, 0.1) is 11.1 Å². The van der Waals surface area contributed by atoms with Gasteiger partial charge >= 0.3 is 0 Å². The molecule has 0 radical (unpaired) electrons. The Bertz CT molecular complexity index is 1230. The number of carbonyl (C=O) groups excluding carboxylic acids is 1. The molecule has 0 saturated heterocycles. The number of phenolic OH excluding ortho intramolecular Hbond substituents is 1. The van der Waals surface area contributed by atoms with E-state index in [0.717, 1.165) is 51.6 Å². The third-order valence-electron chi connectivity index (χ3n) is 6.48. The van der Waals surface area contributed by atoms with Gasteiger partial charge in [0.1, 0.15) is 17.1 Å². The van der Waals surface area contributed by atoms with Gasteiger partial charge in [0.15, 0.2) is 0 Å². The number of hydrogen-bond donors (Lipinski definition) is 2. The minimum Gasteiger partial charge on any atom is -0.506 e. The van der Waals surface area contributed by atoms with Crippen molar-refractivity contribution in [3.63, 3.8) is 0 Å². The summed E-state index contributed by atoms with van der Waals surface area (Å²) in [5.74, 6) is 0.354. The van der Waals surface area contributed by atoms with Gasteiger partial charge in [-0.25, -0.2) is 0 Å². The minimum absolute atomic E-state index is 0.00373. The zero-order valence-electron chi connectivity index (χ0n) is 20.3. The van der Waals surface area contributed by atoms with E-state index in [1.165, 1.54) is 0 Å². The Morgan fingerprint density at radius 1 is 1.09 bits per heavy atom. The van der Waals surface area contributed by atoms with E-state index in [1.54, 1.807) is 0 Å². The van der Waals surface area contributed by atoms with Gasteiger partial charge in [-0.1, -0.05) is 77.7 Å². The SMILES string of the molecule is CCCCCc1cc2c(c(O)c1C(=O)NCc1ccccc1Br)-c1cc(C)ccc1C(C)(C)O2. The zero-order valence-corrected chi connectivity index (χ0v) is 21.9. The second kappa shape index (κ2) is 9.83. The van der Waals surface area contributed by atoms with Crippen molar-refractivity contribution in [2.75, 3.05) is 0 Å². The van der Waals surface area contributed by atoms with Crippen molar-refractivity contribution < 1.29 is 14.6 Å². The Kier molecular flexibility index (Phi) is 7.04. The highest BCUT2D eigenvalue weighted by Gasteiger charge is 2.36. The third kappa shape index (κ3) is 4.72. The molecular formula is C29H32BrNO3. The fourth-order valence-corrected chi connectivity index (χ4v) is 5.10. The Balaban J connectivity index is 1.80. The normalized spacial score (nSPS) is 13.6. The van der Waals surface area contributed by atoms with Crippen LogP contribution in [0.4, 0.5) is 0 Å². The summed E-state index contributed by atoms with van der Waals surface area (Å²) in [6.07, 6.45) is 3.79. The highest BCUT2D eigenvalue weighted by atomic mass is 79.9. The molecule has 1 aliphatic rings. The van der Waals surface area contributed by atoms with E-state index >= 15 is 0 Å². The topological polar surface area (TPSA) is 58.6 Å². The number of unbranched alkanes of at least 4 members (excludes halogenated alkanes) is 2. The average Bonchev–Trinajstić information content (AvgIpc) is 2.77. The van der Waals surface area contributed by atoms with Crippen LogP contribution in [-0.4, -0.2) is 11.0 Å². The number of amides is 1. The van der Waals surface area contributed by atoms with E-state index in [0.29, 0.717) is 29.8 Å². The summed E-state index contributed by atoms with van der Waals surface area (Å²) in [7, 11) is 0. The van der Waals surface area contributed by atoms with Crippen LogP contribution in [0.15, 0.2) is 53.0 Å². The lowest BCUT2D eigenvalue weighted by Gasteiger charge is -2.36. The quantitative estimate of drug-likeness (QED) is 0.318. The molecule has 3 aromatic carbocycles. The van der Waals surface area contributed by atoms with Gasteiger partial charge in [-0.2, -0.15) is 0 Å². The van der Waals surface area contributed by atoms with Crippen LogP contribution < -0.4 is 10.1 Å². The lowest BCUT2D eigenvalue weighted by Crippen LogP contribution is -2.30. The molecule has 0 bridgehead atoms. The average molecular weight is 522 g/mol. The first kappa shape index (κ1) is 24.3. The summed E-state index contributed by atoms with van der Waals surface area (Å²) >= 11 is 3.54. The number of nitrogens with one attached hydrogen (secondary N) is 1. The maximum Gasteiger partial charge on any atom is 0.255 e. The number of rotatable bonds is 7. The van der Waals surface area contributed by atoms with Gasteiger partial charge in [-0.3, -0.25) is 4.79 Å². The number of phenols is 1. The maximum absolute atomic E-state index is 13.5. The van der Waals surface area contributed by atoms with Gasteiger partial charge < -0.3 is 15.2 Å². The maximum atomic E-state index is 13.5. The molecular weight excluding hydrogens is 490 g/mol. The van der Waals surface area contributed by atoms with Gasteiger partial charge in [-0.05, 0) is 62.4 Å². The number of carbonyl (C=O) groups is 1. The second-order valence-corrected chi connectivity index (χ2v) is 10.4. The van der Waals surface area contributed by atoms with E-state index in [4.69, 9.17) is 4.74 Å². The van der Waals surface area contributed by atoms with Crippen LogP contribution in [0.25, 0.3) is 11.1 Å². The molecule has 0 aromatic heterocycles. The summed E-state index contributed by atoms with van der Waals surface area (Å²) in [6, 6.07) is 15.9. The molecule has 5 heteroatoms. The van der Waals surface area contributed by atoms with Crippen LogP contribution >= 0.6 is 15.9 Å². The smallest absolute Gasteiger partial charge is 0.255 e. The van der Waals surface area contributed by atoms with Crippen molar-refractivity contribution in [1.29, 1.82) is 0 Å². The van der Waals surface area contributed by atoms with Gasteiger partial charge in [0.2, 0.25) is 0 Å². The van der Waals surface area contributed by atoms with E-state index < -0.39 is 5.60 Å². The molecule has 3 aromatic rings. The van der Waals surface area contributed by atoms with Crippen LogP contribution in [0.1, 0.15) is 72.6 Å². The molecule has 34 heavy (non-hydrogen) atoms. The van der Waals surface area contributed by atoms with Gasteiger partial charge in [-0.15, -0.1) is 0 Å². The van der Waals surface area contributed by atoms with Crippen molar-refractivity contribution in [2.45, 2.75) is 65.5 Å². The van der Waals surface area contributed by atoms with E-state index in [2.05, 4.69) is 46.4 Å². The third-order valence-corrected chi connectivity index (χ3v) is 7.25. The number of fused-ring (bicyclic) bond motifs is 3. The lowest BCUT2D eigenvalue weighted by atomic mass is 9.83.